The van der Waals surface area contributed by atoms with Crippen LogP contribution in [0.2, 0.25) is 0 Å². The SMILES string of the molecule is [2H]C([2H])(O)C([2H])([2H])N(c1ccc(C)c(C[C@@H](CC(=O)O)NC(=O)OC(C)(C)C)c1)C([2H])([2H])C([2H])([2H])O. The van der Waals surface area contributed by atoms with E-state index in [0.29, 0.717) is 5.56 Å². The Labute approximate surface area is 177 Å². The van der Waals surface area contributed by atoms with E-state index in [0.717, 1.165) is 12.1 Å². The molecule has 8 heteroatoms. The second-order valence-corrected chi connectivity index (χ2v) is 7.04. The molecule has 0 spiro atoms. The summed E-state index contributed by atoms with van der Waals surface area (Å²) in [5.74, 6) is -1.25. The minimum absolute atomic E-state index is 0.0591. The van der Waals surface area contributed by atoms with E-state index in [9.17, 15) is 24.9 Å². The standard InChI is InChI=1S/C20H32N2O6/c1-14-5-6-17(22(7-9-23)8-10-24)12-15(14)11-16(13-18(25)26)21-19(27)28-20(2,3)4/h5-6,12,16,23-24H,7-11,13H2,1-4H3,(H,21,27)(H,25,26)/t16-/m0/s1/i7D2,8D2,9D2,10D2. The molecule has 1 atom stereocenters. The number of alkyl carbamates (subject to hydrolysis) is 1. The summed E-state index contributed by atoms with van der Waals surface area (Å²) in [4.78, 5) is 23.5. The lowest BCUT2D eigenvalue weighted by Gasteiger charge is -2.26. The predicted molar refractivity (Wildman–Crippen MR) is 107 cm³/mol. The second kappa shape index (κ2) is 10.9. The van der Waals surface area contributed by atoms with E-state index in [1.165, 1.54) is 6.07 Å². The number of benzene rings is 1. The molecule has 28 heavy (non-hydrogen) atoms. The quantitative estimate of drug-likeness (QED) is 0.468. The van der Waals surface area contributed by atoms with E-state index >= 15 is 0 Å². The van der Waals surface area contributed by atoms with Crippen molar-refractivity contribution >= 4 is 17.7 Å². The summed E-state index contributed by atoms with van der Waals surface area (Å²) >= 11 is 0. The average molecular weight is 405 g/mol. The number of carboxylic acids is 1. The minimum Gasteiger partial charge on any atom is -0.481 e. The van der Waals surface area contributed by atoms with Gasteiger partial charge in [0.1, 0.15) is 5.60 Å². The van der Waals surface area contributed by atoms with Crippen molar-refractivity contribution in [1.29, 1.82) is 0 Å². The zero-order valence-corrected chi connectivity index (χ0v) is 16.2. The van der Waals surface area contributed by atoms with E-state index in [4.69, 9.17) is 15.7 Å². The summed E-state index contributed by atoms with van der Waals surface area (Å²) in [6.07, 6.45) is -1.59. The number of carboxylic acid groups (broad SMARTS) is 1. The topological polar surface area (TPSA) is 119 Å². The molecule has 0 heterocycles. The summed E-state index contributed by atoms with van der Waals surface area (Å²) in [5.41, 5.74) is -0.561. The van der Waals surface area contributed by atoms with Gasteiger partial charge in [0.25, 0.3) is 0 Å². The summed E-state index contributed by atoms with van der Waals surface area (Å²) in [5, 5.41) is 31.3. The Hall–Kier alpha value is -2.32. The van der Waals surface area contributed by atoms with E-state index in [2.05, 4.69) is 5.32 Å². The molecule has 8 nitrogen and oxygen atoms in total. The number of aryl methyl sites for hydroxylation is 1. The van der Waals surface area contributed by atoms with Crippen LogP contribution in [0.4, 0.5) is 10.5 Å². The molecule has 0 unspecified atom stereocenters. The zero-order valence-electron chi connectivity index (χ0n) is 24.2. The maximum Gasteiger partial charge on any atom is 0.407 e. The van der Waals surface area contributed by atoms with Gasteiger partial charge in [0.15, 0.2) is 0 Å². The highest BCUT2D eigenvalue weighted by atomic mass is 16.6. The number of rotatable bonds is 10. The average Bonchev–Trinajstić information content (AvgIpc) is 2.59. The van der Waals surface area contributed by atoms with Crippen molar-refractivity contribution in [3.8, 4) is 0 Å². The number of hydrogen-bond donors (Lipinski definition) is 4. The van der Waals surface area contributed by atoms with Crippen molar-refractivity contribution in [2.45, 2.75) is 52.2 Å². The molecular weight excluding hydrogens is 364 g/mol. The lowest BCUT2D eigenvalue weighted by molar-refractivity contribution is -0.137. The molecule has 0 saturated heterocycles. The molecule has 0 aliphatic heterocycles. The lowest BCUT2D eigenvalue weighted by Crippen LogP contribution is -2.41. The van der Waals surface area contributed by atoms with Gasteiger partial charge in [-0.15, -0.1) is 0 Å². The Morgan fingerprint density at radius 3 is 2.36 bits per heavy atom. The van der Waals surface area contributed by atoms with Gasteiger partial charge in [-0.3, -0.25) is 4.79 Å². The number of carbonyl (C=O) groups is 2. The fraction of sp³-hybridized carbons (Fsp3) is 0.600. The number of aliphatic hydroxyl groups is 2. The molecule has 0 saturated carbocycles. The number of nitrogens with zero attached hydrogens (tertiary/aromatic N) is 1. The number of amides is 1. The fourth-order valence-corrected chi connectivity index (χ4v) is 2.40. The fourth-order valence-electron chi connectivity index (χ4n) is 2.40. The number of hydrogen-bond acceptors (Lipinski definition) is 6. The van der Waals surface area contributed by atoms with Crippen LogP contribution in [0.15, 0.2) is 18.2 Å². The van der Waals surface area contributed by atoms with Gasteiger partial charge in [0, 0.05) is 24.7 Å². The van der Waals surface area contributed by atoms with Crippen LogP contribution in [0.1, 0.15) is 49.3 Å². The van der Waals surface area contributed by atoms with Crippen molar-refractivity contribution in [3.63, 3.8) is 0 Å². The number of anilines is 1. The summed E-state index contributed by atoms with van der Waals surface area (Å²) < 4.78 is 67.1. The van der Waals surface area contributed by atoms with Gasteiger partial charge in [-0.2, -0.15) is 0 Å². The van der Waals surface area contributed by atoms with Crippen molar-refractivity contribution in [2.75, 3.05) is 31.0 Å². The highest BCUT2D eigenvalue weighted by Crippen LogP contribution is 2.21. The van der Waals surface area contributed by atoms with Crippen molar-refractivity contribution < 1.29 is 40.6 Å². The van der Waals surface area contributed by atoms with E-state index < -0.39 is 61.9 Å². The third-order valence-corrected chi connectivity index (χ3v) is 3.52. The van der Waals surface area contributed by atoms with Crippen LogP contribution in [-0.2, 0) is 16.0 Å². The monoisotopic (exact) mass is 404 g/mol. The smallest absolute Gasteiger partial charge is 0.407 e. The normalized spacial score (nSPS) is 18.6. The van der Waals surface area contributed by atoms with Gasteiger partial charge in [0.2, 0.25) is 0 Å². The van der Waals surface area contributed by atoms with Gasteiger partial charge in [-0.05, 0) is 57.4 Å². The van der Waals surface area contributed by atoms with E-state index in [-0.39, 0.29) is 16.9 Å². The van der Waals surface area contributed by atoms with Crippen LogP contribution >= 0.6 is 0 Å². The molecule has 0 radical (unpaired) electrons. The van der Waals surface area contributed by atoms with Gasteiger partial charge in [-0.1, -0.05) is 6.07 Å². The highest BCUT2D eigenvalue weighted by molar-refractivity contribution is 5.71. The Bertz CT molecular complexity index is 931. The number of nitrogens with one attached hydrogen (secondary N) is 1. The first-order chi connectivity index (χ1) is 15.9. The molecule has 4 N–H and O–H groups in total. The minimum atomic E-state index is -3.71. The second-order valence-electron chi connectivity index (χ2n) is 7.04. The Morgan fingerprint density at radius 2 is 1.86 bits per heavy atom. The van der Waals surface area contributed by atoms with Gasteiger partial charge in [-0.25, -0.2) is 4.79 Å². The zero-order chi connectivity index (χ0) is 28.5. The van der Waals surface area contributed by atoms with Crippen LogP contribution in [0, 0.1) is 6.92 Å². The van der Waals surface area contributed by atoms with Crippen LogP contribution in [-0.4, -0.2) is 65.1 Å². The molecular formula is C20H32N2O6. The molecule has 158 valence electrons. The van der Waals surface area contributed by atoms with Gasteiger partial charge >= 0.3 is 12.1 Å². The summed E-state index contributed by atoms with van der Waals surface area (Å²) in [6, 6.07) is 2.59. The summed E-state index contributed by atoms with van der Waals surface area (Å²) in [6.45, 7) is -8.16. The van der Waals surface area contributed by atoms with Crippen LogP contribution < -0.4 is 10.2 Å². The predicted octanol–water partition coefficient (Wildman–Crippen LogP) is 1.70. The lowest BCUT2D eigenvalue weighted by atomic mass is 9.98. The molecule has 0 aliphatic rings. The maximum atomic E-state index is 12.2. The van der Waals surface area contributed by atoms with Crippen molar-refractivity contribution in [1.82, 2.24) is 5.32 Å². The number of aliphatic carboxylic acids is 1. The van der Waals surface area contributed by atoms with Crippen molar-refractivity contribution in [3.05, 3.63) is 29.3 Å². The first kappa shape index (κ1) is 13.8. The molecule has 0 aromatic heterocycles. The van der Waals surface area contributed by atoms with E-state index in [1.807, 2.05) is 0 Å². The maximum absolute atomic E-state index is 12.2. The summed E-state index contributed by atoms with van der Waals surface area (Å²) in [7, 11) is 0. The molecule has 1 aromatic rings. The third-order valence-electron chi connectivity index (χ3n) is 3.52. The first-order valence-corrected chi connectivity index (χ1v) is 8.46. The third kappa shape index (κ3) is 8.58. The molecule has 1 aromatic carbocycles. The molecule has 0 fully saturated rings. The van der Waals surface area contributed by atoms with Crippen molar-refractivity contribution in [2.24, 2.45) is 0 Å². The van der Waals surface area contributed by atoms with Crippen LogP contribution in [0.3, 0.4) is 0 Å². The van der Waals surface area contributed by atoms with Crippen LogP contribution in [0.5, 0.6) is 0 Å². The Kier molecular flexibility index (Phi) is 5.35. The molecule has 0 bridgehead atoms. The first-order valence-electron chi connectivity index (χ1n) is 12.5. The number of carbonyl (C=O) groups excluding carboxylic acids is 1. The molecule has 1 amide bonds. The van der Waals surface area contributed by atoms with Gasteiger partial charge < -0.3 is 30.3 Å². The highest BCUT2D eigenvalue weighted by Gasteiger charge is 2.22. The number of ether oxygens (including phenoxy) is 1. The Morgan fingerprint density at radius 1 is 1.25 bits per heavy atom. The van der Waals surface area contributed by atoms with E-state index in [1.54, 1.807) is 27.7 Å². The van der Waals surface area contributed by atoms with Crippen LogP contribution in [0.25, 0.3) is 0 Å². The molecule has 0 aliphatic carbocycles. The van der Waals surface area contributed by atoms with Gasteiger partial charge in [0.05, 0.1) is 30.5 Å². The largest absolute Gasteiger partial charge is 0.481 e. The molecule has 1 rings (SSSR count). The Balaban J connectivity index is 3.57.